The van der Waals surface area contributed by atoms with Crippen LogP contribution in [0.1, 0.15) is 64.6 Å². The van der Waals surface area contributed by atoms with Crippen molar-refractivity contribution in [3.8, 4) is 0 Å². The third-order valence-electron chi connectivity index (χ3n) is 7.90. The van der Waals surface area contributed by atoms with Crippen LogP contribution in [0, 0.1) is 10.8 Å². The van der Waals surface area contributed by atoms with Crippen molar-refractivity contribution < 1.29 is 0 Å². The van der Waals surface area contributed by atoms with Gasteiger partial charge in [0, 0.05) is 5.54 Å². The first-order chi connectivity index (χ1) is 16.6. The summed E-state index contributed by atoms with van der Waals surface area (Å²) >= 11 is 0. The summed E-state index contributed by atoms with van der Waals surface area (Å²) in [5, 5.41) is 4.64. The van der Waals surface area contributed by atoms with E-state index in [0.29, 0.717) is 5.54 Å². The molecule has 0 saturated heterocycles. The molecule has 2 aliphatic carbocycles. The molecular weight excluding hydrogens is 436 g/mol. The van der Waals surface area contributed by atoms with Crippen LogP contribution in [0.15, 0.2) is 114 Å². The maximum Gasteiger partial charge on any atom is 0.155 e. The predicted octanol–water partition coefficient (Wildman–Crippen LogP) is 7.86. The molecule has 0 N–H and O–H groups in total. The number of rotatable bonds is 4. The van der Waals surface area contributed by atoms with Crippen LogP contribution < -0.4 is 10.4 Å². The maximum atomic E-state index is 2.66. The molecule has 0 fully saturated rings. The Bertz CT molecular complexity index is 1270. The van der Waals surface area contributed by atoms with Crippen molar-refractivity contribution in [3.63, 3.8) is 0 Å². The van der Waals surface area contributed by atoms with Crippen molar-refractivity contribution >= 4 is 24.0 Å². The van der Waals surface area contributed by atoms with E-state index in [2.05, 4.69) is 145 Å². The second kappa shape index (κ2) is 8.64. The van der Waals surface area contributed by atoms with Gasteiger partial charge in [0.25, 0.3) is 0 Å². The first-order valence-corrected chi connectivity index (χ1v) is 15.1. The first-order valence-electron chi connectivity index (χ1n) is 13.0. The summed E-state index contributed by atoms with van der Waals surface area (Å²) < 4.78 is 0. The highest BCUT2D eigenvalue weighted by atomic mass is 28.3. The Labute approximate surface area is 213 Å². The Kier molecular flexibility index (Phi) is 5.88. The number of allylic oxidation sites excluding steroid dienone is 6. The van der Waals surface area contributed by atoms with Crippen molar-refractivity contribution in [1.82, 2.24) is 0 Å². The molecular formula is C34H38Si. The zero-order valence-electron chi connectivity index (χ0n) is 22.1. The van der Waals surface area contributed by atoms with Gasteiger partial charge in [-0.15, -0.1) is 0 Å². The maximum absolute atomic E-state index is 2.66. The van der Waals surface area contributed by atoms with Crippen molar-refractivity contribution in [1.29, 1.82) is 0 Å². The third kappa shape index (κ3) is 4.00. The summed E-state index contributed by atoms with van der Waals surface area (Å²) in [5.74, 6) is 0. The molecule has 0 nitrogen and oxygen atoms in total. The summed E-state index contributed by atoms with van der Waals surface area (Å²) in [6.45, 7) is 14.1. The molecule has 0 aromatic heterocycles. The molecule has 1 heteroatoms. The second-order valence-electron chi connectivity index (χ2n) is 12.2. The van der Waals surface area contributed by atoms with Gasteiger partial charge in [-0.05, 0) is 49.9 Å². The normalized spacial score (nSPS) is 18.1. The molecule has 1 unspecified atom stereocenters. The van der Waals surface area contributed by atoms with Gasteiger partial charge in [0.2, 0.25) is 0 Å². The minimum Gasteiger partial charge on any atom is -0.0771 e. The highest BCUT2D eigenvalue weighted by molar-refractivity contribution is 7.08. The molecule has 2 aliphatic rings. The standard InChI is InChI=1S/C34H38Si/c1-33(2,3)25-21-22-28(23-25)35(26-15-9-7-10-16-26,27-17-11-8-12-18-27)32-24-31(34(4,5)6)29-19-13-14-20-30(29)32/h7-21,23-24,32H,22H2,1-6H3. The fourth-order valence-corrected chi connectivity index (χ4v) is 11.8. The van der Waals surface area contributed by atoms with E-state index in [0.717, 1.165) is 6.42 Å². The van der Waals surface area contributed by atoms with Gasteiger partial charge in [-0.1, -0.05) is 150 Å². The fraction of sp³-hybridized carbons (Fsp3) is 0.294. The number of benzene rings is 3. The van der Waals surface area contributed by atoms with Crippen molar-refractivity contribution in [2.75, 3.05) is 0 Å². The molecule has 0 bridgehead atoms. The molecule has 3 aromatic carbocycles. The van der Waals surface area contributed by atoms with E-state index in [4.69, 9.17) is 0 Å². The lowest BCUT2D eigenvalue weighted by atomic mass is 9.83. The molecule has 0 spiro atoms. The highest BCUT2D eigenvalue weighted by Crippen LogP contribution is 2.50. The van der Waals surface area contributed by atoms with E-state index in [1.165, 1.54) is 32.6 Å². The summed E-state index contributed by atoms with van der Waals surface area (Å²) in [4.78, 5) is 0. The highest BCUT2D eigenvalue weighted by Gasteiger charge is 2.51. The monoisotopic (exact) mass is 474 g/mol. The van der Waals surface area contributed by atoms with Gasteiger partial charge >= 0.3 is 0 Å². The van der Waals surface area contributed by atoms with Gasteiger partial charge in [0.15, 0.2) is 8.07 Å². The van der Waals surface area contributed by atoms with Gasteiger partial charge in [-0.25, -0.2) is 0 Å². The Morgan fingerprint density at radius 2 is 1.20 bits per heavy atom. The lowest BCUT2D eigenvalue weighted by Crippen LogP contribution is -2.63. The third-order valence-corrected chi connectivity index (χ3v) is 13.2. The van der Waals surface area contributed by atoms with E-state index in [-0.39, 0.29) is 10.8 Å². The minimum absolute atomic E-state index is 0.0945. The van der Waals surface area contributed by atoms with Crippen LogP contribution in [0.25, 0.3) is 5.57 Å². The van der Waals surface area contributed by atoms with Crippen molar-refractivity contribution in [2.24, 2.45) is 10.8 Å². The Morgan fingerprint density at radius 1 is 0.657 bits per heavy atom. The van der Waals surface area contributed by atoms with Crippen LogP contribution in [0.4, 0.5) is 0 Å². The quantitative estimate of drug-likeness (QED) is 0.338. The Hall–Kier alpha value is -2.90. The molecule has 0 radical (unpaired) electrons. The smallest absolute Gasteiger partial charge is 0.0771 e. The average Bonchev–Trinajstić information content (AvgIpc) is 3.48. The van der Waals surface area contributed by atoms with Crippen LogP contribution in [-0.2, 0) is 0 Å². The minimum atomic E-state index is -2.44. The molecule has 0 heterocycles. The summed E-state index contributed by atoms with van der Waals surface area (Å²) in [6, 6.07) is 32.1. The van der Waals surface area contributed by atoms with Crippen LogP contribution in [0.3, 0.4) is 0 Å². The molecule has 0 saturated carbocycles. The van der Waals surface area contributed by atoms with E-state index < -0.39 is 8.07 Å². The predicted molar refractivity (Wildman–Crippen MR) is 155 cm³/mol. The topological polar surface area (TPSA) is 0 Å². The van der Waals surface area contributed by atoms with Crippen LogP contribution in [-0.4, -0.2) is 8.07 Å². The van der Waals surface area contributed by atoms with Gasteiger partial charge in [0.1, 0.15) is 0 Å². The summed E-state index contributed by atoms with van der Waals surface area (Å²) in [6.07, 6.45) is 8.78. The van der Waals surface area contributed by atoms with Crippen molar-refractivity contribution in [3.05, 3.63) is 125 Å². The van der Waals surface area contributed by atoms with E-state index >= 15 is 0 Å². The molecule has 5 rings (SSSR count). The fourth-order valence-electron chi connectivity index (χ4n) is 6.19. The van der Waals surface area contributed by atoms with Gasteiger partial charge in [0.05, 0.1) is 0 Å². The SMILES string of the molecule is CC(C)(C)C1=CCC([Si](c2ccccc2)(c2ccccc2)C2C=C(C(C)(C)C)c3ccccc32)=C1. The van der Waals surface area contributed by atoms with Crippen LogP contribution in [0.2, 0.25) is 0 Å². The molecule has 178 valence electrons. The number of hydrogen-bond acceptors (Lipinski definition) is 0. The largest absolute Gasteiger partial charge is 0.155 e. The summed E-state index contributed by atoms with van der Waals surface area (Å²) in [5.41, 5.74) is 6.51. The van der Waals surface area contributed by atoms with Gasteiger partial charge < -0.3 is 0 Å². The zero-order chi connectivity index (χ0) is 24.8. The van der Waals surface area contributed by atoms with E-state index in [1.807, 2.05) is 0 Å². The second-order valence-corrected chi connectivity index (χ2v) is 16.3. The first kappa shape index (κ1) is 23.8. The average molecular weight is 475 g/mol. The molecule has 0 aliphatic heterocycles. The lowest BCUT2D eigenvalue weighted by Gasteiger charge is -2.40. The number of fused-ring (bicyclic) bond motifs is 1. The van der Waals surface area contributed by atoms with E-state index in [1.54, 1.807) is 5.20 Å². The molecule has 0 amide bonds. The van der Waals surface area contributed by atoms with Crippen LogP contribution in [0.5, 0.6) is 0 Å². The molecule has 35 heavy (non-hydrogen) atoms. The lowest BCUT2D eigenvalue weighted by molar-refractivity contribution is 0.518. The Morgan fingerprint density at radius 3 is 1.71 bits per heavy atom. The van der Waals surface area contributed by atoms with Crippen LogP contribution >= 0.6 is 0 Å². The molecule has 3 aromatic rings. The zero-order valence-corrected chi connectivity index (χ0v) is 23.1. The van der Waals surface area contributed by atoms with Gasteiger partial charge in [-0.3, -0.25) is 0 Å². The Balaban J connectivity index is 1.87. The van der Waals surface area contributed by atoms with Crippen molar-refractivity contribution in [2.45, 2.75) is 53.5 Å². The van der Waals surface area contributed by atoms with Gasteiger partial charge in [-0.2, -0.15) is 0 Å². The van der Waals surface area contributed by atoms with E-state index in [9.17, 15) is 0 Å². The number of hydrogen-bond donors (Lipinski definition) is 0. The summed E-state index contributed by atoms with van der Waals surface area (Å²) in [7, 11) is -2.44. The molecule has 1 atom stereocenters.